The normalized spacial score (nSPS) is 11.0. The van der Waals surface area contributed by atoms with E-state index in [0.29, 0.717) is 17.1 Å². The van der Waals surface area contributed by atoms with Crippen LogP contribution in [0.4, 0.5) is 11.4 Å². The van der Waals surface area contributed by atoms with E-state index in [2.05, 4.69) is 10.0 Å². The Morgan fingerprint density at radius 1 is 1.00 bits per heavy atom. The Bertz CT molecular complexity index is 1120. The molecule has 0 aromatic heterocycles. The summed E-state index contributed by atoms with van der Waals surface area (Å²) in [5, 5.41) is 2.77. The molecule has 3 aromatic rings. The van der Waals surface area contributed by atoms with Gasteiger partial charge in [0.2, 0.25) is 5.91 Å². The van der Waals surface area contributed by atoms with Gasteiger partial charge in [-0.15, -0.1) is 11.8 Å². The molecular weight excluding hydrogens is 420 g/mol. The molecule has 0 saturated carbocycles. The Kier molecular flexibility index (Phi) is 7.02. The molecule has 0 unspecified atom stereocenters. The zero-order valence-electron chi connectivity index (χ0n) is 16.6. The first kappa shape index (κ1) is 21.7. The molecule has 0 fully saturated rings. The molecule has 156 valence electrons. The maximum absolute atomic E-state index is 12.7. The van der Waals surface area contributed by atoms with Crippen molar-refractivity contribution in [1.82, 2.24) is 0 Å². The number of nitrogens with one attached hydrogen (secondary N) is 2. The Morgan fingerprint density at radius 3 is 2.37 bits per heavy atom. The predicted octanol–water partition coefficient (Wildman–Crippen LogP) is 4.54. The molecule has 1 amide bonds. The van der Waals surface area contributed by atoms with Crippen LogP contribution in [0, 0.1) is 6.92 Å². The van der Waals surface area contributed by atoms with Crippen LogP contribution in [0.1, 0.15) is 5.56 Å². The molecule has 30 heavy (non-hydrogen) atoms. The van der Waals surface area contributed by atoms with Crippen molar-refractivity contribution in [3.05, 3.63) is 78.4 Å². The van der Waals surface area contributed by atoms with Gasteiger partial charge in [0.05, 0.1) is 23.4 Å². The highest BCUT2D eigenvalue weighted by atomic mass is 32.2. The van der Waals surface area contributed by atoms with Gasteiger partial charge in [0.15, 0.2) is 0 Å². The van der Waals surface area contributed by atoms with E-state index in [1.165, 1.54) is 31.0 Å². The summed E-state index contributed by atoms with van der Waals surface area (Å²) < 4.78 is 33.2. The topological polar surface area (TPSA) is 84.5 Å². The molecule has 8 heteroatoms. The molecule has 0 saturated heterocycles. The molecule has 0 radical (unpaired) electrons. The number of carbonyl (C=O) groups excluding carboxylic acids is 1. The van der Waals surface area contributed by atoms with Crippen LogP contribution in [-0.2, 0) is 14.8 Å². The first-order chi connectivity index (χ1) is 14.4. The largest absolute Gasteiger partial charge is 0.495 e. The van der Waals surface area contributed by atoms with Crippen LogP contribution in [0.5, 0.6) is 5.75 Å². The third-order valence-corrected chi connectivity index (χ3v) is 6.55. The van der Waals surface area contributed by atoms with Crippen molar-refractivity contribution >= 4 is 39.1 Å². The molecule has 0 heterocycles. The molecule has 0 atom stereocenters. The molecular formula is C22H22N2O4S2. The summed E-state index contributed by atoms with van der Waals surface area (Å²) in [4.78, 5) is 13.2. The van der Waals surface area contributed by atoms with Gasteiger partial charge < -0.3 is 10.1 Å². The first-order valence-electron chi connectivity index (χ1n) is 9.12. The van der Waals surface area contributed by atoms with Crippen LogP contribution >= 0.6 is 11.8 Å². The van der Waals surface area contributed by atoms with Crippen molar-refractivity contribution in [1.29, 1.82) is 0 Å². The number of benzene rings is 3. The molecule has 0 bridgehead atoms. The van der Waals surface area contributed by atoms with Crippen LogP contribution in [0.25, 0.3) is 0 Å². The van der Waals surface area contributed by atoms with Crippen molar-refractivity contribution in [3.63, 3.8) is 0 Å². The Morgan fingerprint density at radius 2 is 1.70 bits per heavy atom. The van der Waals surface area contributed by atoms with Crippen LogP contribution in [0.15, 0.2) is 82.6 Å². The lowest BCUT2D eigenvalue weighted by atomic mass is 10.2. The monoisotopic (exact) mass is 442 g/mol. The molecule has 3 rings (SSSR count). The number of hydrogen-bond donors (Lipinski definition) is 2. The lowest BCUT2D eigenvalue weighted by Gasteiger charge is -2.13. The van der Waals surface area contributed by atoms with Crippen molar-refractivity contribution in [2.75, 3.05) is 22.9 Å². The maximum Gasteiger partial charge on any atom is 0.262 e. The minimum Gasteiger partial charge on any atom is -0.495 e. The Labute approximate surface area is 180 Å². The van der Waals surface area contributed by atoms with E-state index in [4.69, 9.17) is 4.74 Å². The molecule has 0 aliphatic rings. The third kappa shape index (κ3) is 5.77. The second-order valence-corrected chi connectivity index (χ2v) is 9.21. The number of sulfonamides is 1. The van der Waals surface area contributed by atoms with Crippen LogP contribution in [0.3, 0.4) is 0 Å². The average molecular weight is 443 g/mol. The van der Waals surface area contributed by atoms with Gasteiger partial charge in [-0.3, -0.25) is 9.52 Å². The third-order valence-electron chi connectivity index (χ3n) is 4.16. The van der Waals surface area contributed by atoms with E-state index < -0.39 is 10.0 Å². The van der Waals surface area contributed by atoms with Crippen LogP contribution in [0.2, 0.25) is 0 Å². The van der Waals surface area contributed by atoms with Gasteiger partial charge in [-0.2, -0.15) is 0 Å². The highest BCUT2D eigenvalue weighted by molar-refractivity contribution is 8.00. The van der Waals surface area contributed by atoms with E-state index in [0.717, 1.165) is 10.5 Å². The van der Waals surface area contributed by atoms with Crippen LogP contribution < -0.4 is 14.8 Å². The van der Waals surface area contributed by atoms with E-state index in [9.17, 15) is 13.2 Å². The fourth-order valence-corrected chi connectivity index (χ4v) is 4.47. The maximum atomic E-state index is 12.7. The minimum absolute atomic E-state index is 0.0859. The highest BCUT2D eigenvalue weighted by Crippen LogP contribution is 2.28. The van der Waals surface area contributed by atoms with Crippen molar-refractivity contribution in [3.8, 4) is 5.75 Å². The number of rotatable bonds is 8. The van der Waals surface area contributed by atoms with Gasteiger partial charge in [-0.1, -0.05) is 24.3 Å². The van der Waals surface area contributed by atoms with Crippen molar-refractivity contribution in [2.45, 2.75) is 16.7 Å². The molecule has 0 aliphatic carbocycles. The molecule has 0 aliphatic heterocycles. The lowest BCUT2D eigenvalue weighted by molar-refractivity contribution is -0.113. The second kappa shape index (κ2) is 9.69. The number of anilines is 2. The van der Waals surface area contributed by atoms with Gasteiger partial charge in [0.1, 0.15) is 5.75 Å². The summed E-state index contributed by atoms with van der Waals surface area (Å²) in [5.74, 6) is 0.532. The fraction of sp³-hybridized carbons (Fsp3) is 0.136. The van der Waals surface area contributed by atoms with Gasteiger partial charge >= 0.3 is 0 Å². The lowest BCUT2D eigenvalue weighted by Crippen LogP contribution is -2.15. The number of hydrogen-bond acceptors (Lipinski definition) is 5. The smallest absolute Gasteiger partial charge is 0.262 e. The van der Waals surface area contributed by atoms with E-state index >= 15 is 0 Å². The minimum atomic E-state index is -3.80. The number of carbonyl (C=O) groups is 1. The Balaban J connectivity index is 1.64. The first-order valence-corrected chi connectivity index (χ1v) is 11.6. The van der Waals surface area contributed by atoms with Crippen molar-refractivity contribution in [2.24, 2.45) is 0 Å². The highest BCUT2D eigenvalue weighted by Gasteiger charge is 2.17. The van der Waals surface area contributed by atoms with E-state index in [-0.39, 0.29) is 16.6 Å². The summed E-state index contributed by atoms with van der Waals surface area (Å²) in [7, 11) is -2.32. The summed E-state index contributed by atoms with van der Waals surface area (Å²) in [5.41, 5.74) is 1.80. The summed E-state index contributed by atoms with van der Waals surface area (Å²) in [6.07, 6.45) is 0. The summed E-state index contributed by atoms with van der Waals surface area (Å²) in [6.45, 7) is 1.87. The fourth-order valence-electron chi connectivity index (χ4n) is 2.69. The molecule has 0 spiro atoms. The van der Waals surface area contributed by atoms with Gasteiger partial charge in [-0.25, -0.2) is 8.42 Å². The second-order valence-electron chi connectivity index (χ2n) is 6.48. The molecule has 2 N–H and O–H groups in total. The number of ether oxygens (including phenoxy) is 1. The Hall–Kier alpha value is -2.97. The van der Waals surface area contributed by atoms with Crippen LogP contribution in [-0.4, -0.2) is 27.2 Å². The number of aryl methyl sites for hydroxylation is 1. The summed E-state index contributed by atoms with van der Waals surface area (Å²) >= 11 is 1.43. The van der Waals surface area contributed by atoms with E-state index in [1.54, 1.807) is 24.3 Å². The average Bonchev–Trinajstić information content (AvgIpc) is 2.73. The zero-order chi connectivity index (χ0) is 21.6. The quantitative estimate of drug-likeness (QED) is 0.501. The number of thioether (sulfide) groups is 1. The predicted molar refractivity (Wildman–Crippen MR) is 121 cm³/mol. The number of methoxy groups -OCH3 is 1. The summed E-state index contributed by atoms with van der Waals surface area (Å²) in [6, 6.07) is 20.9. The van der Waals surface area contributed by atoms with E-state index in [1.807, 2.05) is 43.3 Å². The zero-order valence-corrected chi connectivity index (χ0v) is 18.2. The van der Waals surface area contributed by atoms with Crippen molar-refractivity contribution < 1.29 is 17.9 Å². The molecule has 3 aromatic carbocycles. The SMILES string of the molecule is COc1ccc(C)cc1NS(=O)(=O)c1ccc(NC(=O)CSc2ccccc2)cc1. The van der Waals surface area contributed by atoms with Gasteiger partial charge in [0.25, 0.3) is 10.0 Å². The van der Waals surface area contributed by atoms with Gasteiger partial charge in [0, 0.05) is 10.6 Å². The molecule has 6 nitrogen and oxygen atoms in total. The standard InChI is InChI=1S/C22H22N2O4S2/c1-16-8-13-21(28-2)20(14-16)24-30(26,27)19-11-9-17(10-12-19)23-22(25)15-29-18-6-4-3-5-7-18/h3-14,24H,15H2,1-2H3,(H,23,25). The number of amides is 1. The van der Waals surface area contributed by atoms with Gasteiger partial charge in [-0.05, 0) is 61.0 Å².